The van der Waals surface area contributed by atoms with Crippen molar-refractivity contribution in [1.82, 2.24) is 19.5 Å². The molecular weight excluding hydrogens is 440 g/mol. The lowest BCUT2D eigenvalue weighted by atomic mass is 10.00. The van der Waals surface area contributed by atoms with Crippen LogP contribution in [-0.2, 0) is 25.8 Å². The summed E-state index contributed by atoms with van der Waals surface area (Å²) >= 11 is 0. The van der Waals surface area contributed by atoms with Gasteiger partial charge in [0, 0.05) is 28.7 Å². The average molecular weight is 471 g/mol. The summed E-state index contributed by atoms with van der Waals surface area (Å²) in [6, 6.07) is 10.4. The molecule has 0 aromatic carbocycles. The van der Waals surface area contributed by atoms with Crippen LogP contribution >= 0.6 is 0 Å². The number of nitrogens with zero attached hydrogens (tertiary/aromatic N) is 3. The monoisotopic (exact) mass is 470 g/mol. The maximum Gasteiger partial charge on any atom is 0.0693 e. The molecule has 0 saturated heterocycles. The van der Waals surface area contributed by atoms with Crippen molar-refractivity contribution in [3.63, 3.8) is 0 Å². The minimum absolute atomic E-state index is 0.659. The van der Waals surface area contributed by atoms with Crippen molar-refractivity contribution in [2.75, 3.05) is 0 Å². The lowest BCUT2D eigenvalue weighted by molar-refractivity contribution is 0.887. The number of rotatable bonds is 8. The first-order valence-corrected chi connectivity index (χ1v) is 12.2. The quantitative estimate of drug-likeness (QED) is 0.239. The Morgan fingerprint density at radius 1 is 0.667 bits per heavy atom. The van der Waals surface area contributed by atoms with E-state index < -0.39 is 0 Å². The maximum absolute atomic E-state index is 5.02. The van der Waals surface area contributed by atoms with E-state index in [9.17, 15) is 0 Å². The second-order valence-electron chi connectivity index (χ2n) is 8.90. The molecule has 0 saturated carbocycles. The Labute approximate surface area is 212 Å². The van der Waals surface area contributed by atoms with Crippen molar-refractivity contribution in [1.29, 1.82) is 0 Å². The van der Waals surface area contributed by atoms with Crippen LogP contribution in [0.1, 0.15) is 39.5 Å². The van der Waals surface area contributed by atoms with Crippen molar-refractivity contribution >= 4 is 46.4 Å². The van der Waals surface area contributed by atoms with E-state index in [0.29, 0.717) is 13.0 Å². The van der Waals surface area contributed by atoms with Gasteiger partial charge < -0.3 is 9.55 Å². The normalized spacial score (nSPS) is 12.0. The number of aromatic nitrogens is 4. The molecule has 8 bridgehead atoms. The Morgan fingerprint density at radius 3 is 1.92 bits per heavy atom. The summed E-state index contributed by atoms with van der Waals surface area (Å²) in [7, 11) is 0. The first kappa shape index (κ1) is 23.3. The first-order valence-electron chi connectivity index (χ1n) is 12.2. The zero-order valence-electron chi connectivity index (χ0n) is 20.5. The molecule has 4 heteroatoms. The molecule has 0 unspecified atom stereocenters. The summed E-state index contributed by atoms with van der Waals surface area (Å²) in [5.41, 5.74) is 11.5. The molecule has 3 aromatic heterocycles. The molecule has 5 rings (SSSR count). The smallest absolute Gasteiger partial charge is 0.0693 e. The van der Waals surface area contributed by atoms with Gasteiger partial charge in [-0.3, -0.25) is 0 Å². The van der Waals surface area contributed by atoms with Crippen LogP contribution in [0.25, 0.3) is 46.4 Å². The molecular formula is C32H30N4. The van der Waals surface area contributed by atoms with Crippen molar-refractivity contribution in [2.45, 2.75) is 25.8 Å². The summed E-state index contributed by atoms with van der Waals surface area (Å²) in [6.07, 6.45) is 18.3. The molecule has 1 N–H and O–H groups in total. The zero-order valence-corrected chi connectivity index (χ0v) is 20.5. The Morgan fingerprint density at radius 2 is 1.25 bits per heavy atom. The van der Waals surface area contributed by atoms with Crippen LogP contribution in [0.4, 0.5) is 0 Å². The van der Waals surface area contributed by atoms with Crippen LogP contribution < -0.4 is 0 Å². The number of H-pyrrole nitrogens is 1. The predicted molar refractivity (Wildman–Crippen MR) is 154 cm³/mol. The maximum atomic E-state index is 5.02. The molecule has 0 atom stereocenters. The van der Waals surface area contributed by atoms with Crippen molar-refractivity contribution in [2.24, 2.45) is 0 Å². The third kappa shape index (κ3) is 4.34. The van der Waals surface area contributed by atoms with E-state index in [1.165, 1.54) is 11.1 Å². The molecule has 0 radical (unpaired) electrons. The third-order valence-electron chi connectivity index (χ3n) is 6.44. The minimum atomic E-state index is 0.659. The topological polar surface area (TPSA) is 46.5 Å². The zero-order chi connectivity index (χ0) is 25.1. The minimum Gasteiger partial charge on any atom is -0.355 e. The van der Waals surface area contributed by atoms with E-state index >= 15 is 0 Å². The van der Waals surface area contributed by atoms with Crippen LogP contribution in [0.2, 0.25) is 0 Å². The molecule has 36 heavy (non-hydrogen) atoms. The average Bonchev–Trinajstić information content (AvgIpc) is 3.65. The van der Waals surface area contributed by atoms with Crippen molar-refractivity contribution in [3.8, 4) is 0 Å². The number of aromatic amines is 1. The molecule has 0 aliphatic carbocycles. The van der Waals surface area contributed by atoms with Gasteiger partial charge in [0.05, 0.1) is 28.3 Å². The molecule has 2 aliphatic rings. The highest BCUT2D eigenvalue weighted by Crippen LogP contribution is 2.32. The van der Waals surface area contributed by atoms with E-state index in [1.54, 1.807) is 0 Å². The molecule has 4 nitrogen and oxygen atoms in total. The van der Waals surface area contributed by atoms with E-state index in [0.717, 1.165) is 63.2 Å². The van der Waals surface area contributed by atoms with Gasteiger partial charge in [-0.1, -0.05) is 24.3 Å². The van der Waals surface area contributed by atoms with Crippen molar-refractivity contribution < 1.29 is 0 Å². The van der Waals surface area contributed by atoms with E-state index in [1.807, 2.05) is 30.4 Å². The fourth-order valence-electron chi connectivity index (χ4n) is 5.01. The van der Waals surface area contributed by atoms with E-state index in [-0.39, 0.29) is 0 Å². The third-order valence-corrected chi connectivity index (χ3v) is 6.44. The van der Waals surface area contributed by atoms with Gasteiger partial charge >= 0.3 is 0 Å². The van der Waals surface area contributed by atoms with Gasteiger partial charge in [0.1, 0.15) is 0 Å². The van der Waals surface area contributed by atoms with Gasteiger partial charge in [-0.05, 0) is 85.0 Å². The van der Waals surface area contributed by atoms with Gasteiger partial charge in [0.25, 0.3) is 0 Å². The van der Waals surface area contributed by atoms with Crippen LogP contribution in [0.3, 0.4) is 0 Å². The van der Waals surface area contributed by atoms with Crippen LogP contribution in [0.15, 0.2) is 81.0 Å². The Bertz CT molecular complexity index is 1600. The fraction of sp³-hybridized carbons (Fsp3) is 0.125. The lowest BCUT2D eigenvalue weighted by Crippen LogP contribution is -2.00. The molecule has 5 heterocycles. The van der Waals surface area contributed by atoms with Gasteiger partial charge in [0.15, 0.2) is 0 Å². The highest BCUT2D eigenvalue weighted by molar-refractivity contribution is 5.84. The number of nitrogens with one attached hydrogen (secondary N) is 1. The molecule has 178 valence electrons. The Kier molecular flexibility index (Phi) is 6.50. The van der Waals surface area contributed by atoms with Gasteiger partial charge in [-0.2, -0.15) is 0 Å². The Hall–Kier alpha value is -4.44. The van der Waals surface area contributed by atoms with Crippen LogP contribution in [0.5, 0.6) is 0 Å². The summed E-state index contributed by atoms with van der Waals surface area (Å²) in [4.78, 5) is 13.4. The van der Waals surface area contributed by atoms with Crippen molar-refractivity contribution in [3.05, 3.63) is 120 Å². The molecule has 3 aromatic rings. The summed E-state index contributed by atoms with van der Waals surface area (Å²) in [6.45, 7) is 16.9. The highest BCUT2D eigenvalue weighted by atomic mass is 15.0. The highest BCUT2D eigenvalue weighted by Gasteiger charge is 2.19. The largest absolute Gasteiger partial charge is 0.355 e. The van der Waals surface area contributed by atoms with Gasteiger partial charge in [0.2, 0.25) is 0 Å². The molecule has 2 aliphatic heterocycles. The number of hydrogen-bond donors (Lipinski definition) is 1. The second-order valence-corrected chi connectivity index (χ2v) is 8.90. The van der Waals surface area contributed by atoms with Crippen LogP contribution in [-0.4, -0.2) is 19.5 Å². The lowest BCUT2D eigenvalue weighted by Gasteiger charge is -2.09. The number of fused-ring (bicyclic) bond motifs is 8. The van der Waals surface area contributed by atoms with Gasteiger partial charge in [-0.25, -0.2) is 9.97 Å². The first-order chi connectivity index (χ1) is 17.6. The molecule has 0 amide bonds. The molecule has 0 spiro atoms. The summed E-state index contributed by atoms with van der Waals surface area (Å²) < 4.78 is 2.34. The standard InChI is InChI=1S/C32H30N4/c1-5-9-27-28(10-6-2)32-29(11-7-3)30-17-16-25(35-30)20-24-13-12-22(33-24)19-23-14-15-26(34-23)21-31(27)36(32)18-8-4/h5-8,12-17,19-21,33H,1-4,9-11,18H2. The van der Waals surface area contributed by atoms with E-state index in [4.69, 9.17) is 9.97 Å². The van der Waals surface area contributed by atoms with E-state index in [2.05, 4.69) is 84.4 Å². The number of hydrogen-bond acceptors (Lipinski definition) is 2. The van der Waals surface area contributed by atoms with Gasteiger partial charge in [-0.15, -0.1) is 26.3 Å². The summed E-state index contributed by atoms with van der Waals surface area (Å²) in [5.74, 6) is 0. The number of allylic oxidation sites excluding steroid dienone is 4. The fourth-order valence-corrected chi connectivity index (χ4v) is 5.01. The van der Waals surface area contributed by atoms with Crippen LogP contribution in [0, 0.1) is 0 Å². The molecule has 0 fully saturated rings. The predicted octanol–water partition coefficient (Wildman–Crippen LogP) is 7.50. The second kappa shape index (κ2) is 10.0. The summed E-state index contributed by atoms with van der Waals surface area (Å²) in [5, 5.41) is 0. The SMILES string of the molecule is C=CCc1c(CC=C)c2c(CC=C)c3nc(cc4ccc(cc5nc(cc1n2CC=C)C=C5)[nH]4)C=C3. The Balaban J connectivity index is 2.04.